The van der Waals surface area contributed by atoms with E-state index in [4.69, 9.17) is 0 Å². The first-order valence-electron chi connectivity index (χ1n) is 7.07. The second-order valence-electron chi connectivity index (χ2n) is 5.78. The van der Waals surface area contributed by atoms with Crippen molar-refractivity contribution in [2.75, 3.05) is 20.1 Å². The molecule has 0 aromatic carbocycles. The lowest BCUT2D eigenvalue weighted by Gasteiger charge is -2.25. The van der Waals surface area contributed by atoms with E-state index in [1.807, 2.05) is 0 Å². The van der Waals surface area contributed by atoms with Crippen LogP contribution in [0.2, 0.25) is 0 Å². The molecule has 1 fully saturated rings. The first-order valence-corrected chi connectivity index (χ1v) is 7.07. The molecule has 96 valence electrons. The number of hydrogen-bond donors (Lipinski definition) is 1. The van der Waals surface area contributed by atoms with Crippen LogP contribution in [0.4, 0.5) is 0 Å². The third kappa shape index (κ3) is 4.84. The van der Waals surface area contributed by atoms with E-state index in [2.05, 4.69) is 38.0 Å². The Morgan fingerprint density at radius 2 is 2.06 bits per heavy atom. The summed E-state index contributed by atoms with van der Waals surface area (Å²) in [7, 11) is 2.30. The molecule has 0 aromatic heterocycles. The van der Waals surface area contributed by atoms with E-state index in [-0.39, 0.29) is 0 Å². The van der Waals surface area contributed by atoms with Gasteiger partial charge < -0.3 is 10.2 Å². The Balaban J connectivity index is 2.18. The summed E-state index contributed by atoms with van der Waals surface area (Å²) in [6, 6.07) is 1.61. The summed E-state index contributed by atoms with van der Waals surface area (Å²) in [5.41, 5.74) is 0. The molecule has 0 aromatic rings. The second kappa shape index (κ2) is 7.29. The Morgan fingerprint density at radius 1 is 1.31 bits per heavy atom. The summed E-state index contributed by atoms with van der Waals surface area (Å²) in [6.07, 6.45) is 6.70. The van der Waals surface area contributed by atoms with E-state index in [0.717, 1.165) is 18.0 Å². The number of hydrogen-bond acceptors (Lipinski definition) is 2. The van der Waals surface area contributed by atoms with Crippen molar-refractivity contribution < 1.29 is 0 Å². The topological polar surface area (TPSA) is 15.3 Å². The van der Waals surface area contributed by atoms with E-state index in [0.29, 0.717) is 0 Å². The highest BCUT2D eigenvalue weighted by Crippen LogP contribution is 2.23. The van der Waals surface area contributed by atoms with Crippen LogP contribution in [0.15, 0.2) is 0 Å². The molecule has 0 spiro atoms. The molecular weight excluding hydrogens is 196 g/mol. The Bertz CT molecular complexity index is 180. The van der Waals surface area contributed by atoms with Gasteiger partial charge in [-0.3, -0.25) is 0 Å². The Morgan fingerprint density at radius 3 is 2.69 bits per heavy atom. The van der Waals surface area contributed by atoms with Gasteiger partial charge in [-0.05, 0) is 58.2 Å². The number of rotatable bonds is 7. The van der Waals surface area contributed by atoms with Gasteiger partial charge in [-0.15, -0.1) is 0 Å². The van der Waals surface area contributed by atoms with Crippen molar-refractivity contribution in [3.05, 3.63) is 0 Å². The predicted molar refractivity (Wildman–Crippen MR) is 71.8 cm³/mol. The lowest BCUT2D eigenvalue weighted by Crippen LogP contribution is -2.34. The molecule has 16 heavy (non-hydrogen) atoms. The molecule has 0 heterocycles. The van der Waals surface area contributed by atoms with Gasteiger partial charge in [-0.1, -0.05) is 20.8 Å². The van der Waals surface area contributed by atoms with E-state index in [9.17, 15) is 0 Å². The summed E-state index contributed by atoms with van der Waals surface area (Å²) in [5, 5.41) is 3.65. The van der Waals surface area contributed by atoms with Gasteiger partial charge in [0.2, 0.25) is 0 Å². The van der Waals surface area contributed by atoms with Gasteiger partial charge in [0.05, 0.1) is 0 Å². The van der Waals surface area contributed by atoms with Crippen LogP contribution in [-0.4, -0.2) is 37.1 Å². The summed E-state index contributed by atoms with van der Waals surface area (Å²) in [4.78, 5) is 2.58. The van der Waals surface area contributed by atoms with E-state index in [1.165, 1.54) is 45.2 Å². The average Bonchev–Trinajstić information content (AvgIpc) is 2.71. The van der Waals surface area contributed by atoms with E-state index >= 15 is 0 Å². The van der Waals surface area contributed by atoms with Gasteiger partial charge in [0, 0.05) is 12.1 Å². The van der Waals surface area contributed by atoms with E-state index in [1.54, 1.807) is 0 Å². The zero-order valence-corrected chi connectivity index (χ0v) is 11.6. The molecule has 2 atom stereocenters. The quantitative estimate of drug-likeness (QED) is 0.718. The molecule has 0 saturated heterocycles. The van der Waals surface area contributed by atoms with Crippen LogP contribution in [0.25, 0.3) is 0 Å². The monoisotopic (exact) mass is 226 g/mol. The molecule has 1 aliphatic carbocycles. The maximum Gasteiger partial charge on any atom is 0.0108 e. The summed E-state index contributed by atoms with van der Waals surface area (Å²) in [6.45, 7) is 9.33. The van der Waals surface area contributed by atoms with Crippen molar-refractivity contribution in [2.45, 2.75) is 65.0 Å². The molecule has 1 aliphatic rings. The Labute approximate surface area is 102 Å². The van der Waals surface area contributed by atoms with Gasteiger partial charge >= 0.3 is 0 Å². The minimum Gasteiger partial charge on any atom is -0.314 e. The van der Waals surface area contributed by atoms with Gasteiger partial charge in [0.15, 0.2) is 0 Å². The van der Waals surface area contributed by atoms with Gasteiger partial charge in [0.1, 0.15) is 0 Å². The Kier molecular flexibility index (Phi) is 6.37. The van der Waals surface area contributed by atoms with Crippen molar-refractivity contribution in [3.8, 4) is 0 Å². The third-order valence-corrected chi connectivity index (χ3v) is 3.77. The SMILES string of the molecule is CCCNC1CCC(N(C)CCC(C)C)C1. The molecule has 0 amide bonds. The maximum absolute atomic E-state index is 3.65. The molecule has 0 bridgehead atoms. The molecule has 0 aliphatic heterocycles. The lowest BCUT2D eigenvalue weighted by molar-refractivity contribution is 0.229. The fraction of sp³-hybridized carbons (Fsp3) is 1.00. The molecule has 2 heteroatoms. The van der Waals surface area contributed by atoms with Crippen molar-refractivity contribution in [1.29, 1.82) is 0 Å². The van der Waals surface area contributed by atoms with Crippen LogP contribution >= 0.6 is 0 Å². The van der Waals surface area contributed by atoms with Crippen LogP contribution in [0.5, 0.6) is 0 Å². The first kappa shape index (κ1) is 14.0. The highest BCUT2D eigenvalue weighted by atomic mass is 15.1. The highest BCUT2D eigenvalue weighted by molar-refractivity contribution is 4.85. The number of nitrogens with one attached hydrogen (secondary N) is 1. The van der Waals surface area contributed by atoms with Crippen LogP contribution in [-0.2, 0) is 0 Å². The third-order valence-electron chi connectivity index (χ3n) is 3.77. The first-order chi connectivity index (χ1) is 7.63. The fourth-order valence-electron chi connectivity index (χ4n) is 2.54. The molecule has 2 nitrogen and oxygen atoms in total. The van der Waals surface area contributed by atoms with Crippen molar-refractivity contribution in [2.24, 2.45) is 5.92 Å². The summed E-state index contributed by atoms with van der Waals surface area (Å²) >= 11 is 0. The maximum atomic E-state index is 3.65. The molecule has 0 radical (unpaired) electrons. The largest absolute Gasteiger partial charge is 0.314 e. The van der Waals surface area contributed by atoms with Crippen LogP contribution in [0, 0.1) is 5.92 Å². The molecular formula is C14H30N2. The van der Waals surface area contributed by atoms with Crippen molar-refractivity contribution >= 4 is 0 Å². The Hall–Kier alpha value is -0.0800. The lowest BCUT2D eigenvalue weighted by atomic mass is 10.1. The van der Waals surface area contributed by atoms with E-state index < -0.39 is 0 Å². The van der Waals surface area contributed by atoms with Crippen LogP contribution < -0.4 is 5.32 Å². The standard InChI is InChI=1S/C14H30N2/c1-5-9-15-13-6-7-14(11-13)16(4)10-8-12(2)3/h12-15H,5-11H2,1-4H3. The number of nitrogens with zero attached hydrogens (tertiary/aromatic N) is 1. The highest BCUT2D eigenvalue weighted by Gasteiger charge is 2.26. The second-order valence-corrected chi connectivity index (χ2v) is 5.78. The van der Waals surface area contributed by atoms with Gasteiger partial charge in [-0.2, -0.15) is 0 Å². The van der Waals surface area contributed by atoms with Crippen LogP contribution in [0.3, 0.4) is 0 Å². The summed E-state index contributed by atoms with van der Waals surface area (Å²) in [5.74, 6) is 0.831. The smallest absolute Gasteiger partial charge is 0.0108 e. The minimum atomic E-state index is 0.784. The van der Waals surface area contributed by atoms with Crippen molar-refractivity contribution in [1.82, 2.24) is 10.2 Å². The summed E-state index contributed by atoms with van der Waals surface area (Å²) < 4.78 is 0. The minimum absolute atomic E-state index is 0.784. The zero-order valence-electron chi connectivity index (χ0n) is 11.6. The average molecular weight is 226 g/mol. The predicted octanol–water partition coefficient (Wildman–Crippen LogP) is 2.89. The molecule has 1 N–H and O–H groups in total. The molecule has 1 saturated carbocycles. The zero-order chi connectivity index (χ0) is 12.0. The molecule has 2 unspecified atom stereocenters. The van der Waals surface area contributed by atoms with Crippen molar-refractivity contribution in [3.63, 3.8) is 0 Å². The fourth-order valence-corrected chi connectivity index (χ4v) is 2.54. The van der Waals surface area contributed by atoms with Crippen LogP contribution in [0.1, 0.15) is 52.9 Å². The van der Waals surface area contributed by atoms with Gasteiger partial charge in [-0.25, -0.2) is 0 Å². The molecule has 1 rings (SSSR count). The van der Waals surface area contributed by atoms with Gasteiger partial charge in [0.25, 0.3) is 0 Å². The normalized spacial score (nSPS) is 25.9.